The maximum atomic E-state index is 11.3. The Morgan fingerprint density at radius 3 is 2.67 bits per heavy atom. The Hall–Kier alpha value is -2.20. The molecule has 0 aliphatic heterocycles. The number of carbonyl (C=O) groups excluding carboxylic acids is 1. The predicted octanol–water partition coefficient (Wildman–Crippen LogP) is 1.57. The lowest BCUT2D eigenvalue weighted by Gasteiger charge is -2.10. The zero-order chi connectivity index (χ0) is 12.8. The first-order valence-electron chi connectivity index (χ1n) is 5.77. The van der Waals surface area contributed by atoms with Crippen LogP contribution in [0.25, 0.3) is 0 Å². The van der Waals surface area contributed by atoms with E-state index >= 15 is 0 Å². The molecule has 4 nitrogen and oxygen atoms in total. The highest BCUT2D eigenvalue weighted by Gasteiger charge is 2.06. The lowest BCUT2D eigenvalue weighted by Crippen LogP contribution is -2.22. The lowest BCUT2D eigenvalue weighted by atomic mass is 10.1. The molecule has 0 unspecified atom stereocenters. The number of hydrogen-bond donors (Lipinski definition) is 2. The summed E-state index contributed by atoms with van der Waals surface area (Å²) in [5.41, 5.74) is 8.08. The minimum Gasteiger partial charge on any atom is -0.325 e. The molecule has 18 heavy (non-hydrogen) atoms. The second-order valence-electron chi connectivity index (χ2n) is 3.91. The van der Waals surface area contributed by atoms with E-state index in [0.717, 1.165) is 16.9 Å². The summed E-state index contributed by atoms with van der Waals surface area (Å²) >= 11 is 0. The van der Waals surface area contributed by atoms with E-state index in [9.17, 15) is 4.79 Å². The Bertz CT molecular complexity index is 526. The standard InChI is InChI=1S/C14H15N3O/c15-10-14(18)17-13-7-2-1-5-11(13)9-12-6-3-4-8-16-12/h1-8H,9-10,15H2,(H,17,18). The number of nitrogens with two attached hydrogens (primary N) is 1. The maximum Gasteiger partial charge on any atom is 0.238 e. The molecule has 0 radical (unpaired) electrons. The molecule has 1 amide bonds. The average Bonchev–Trinajstić information content (AvgIpc) is 2.42. The first-order chi connectivity index (χ1) is 8.79. The molecule has 1 aromatic heterocycles. The molecular formula is C14H15N3O. The fourth-order valence-corrected chi connectivity index (χ4v) is 1.70. The normalized spacial score (nSPS) is 10.1. The number of para-hydroxylation sites is 1. The molecule has 92 valence electrons. The third-order valence-electron chi connectivity index (χ3n) is 2.57. The summed E-state index contributed by atoms with van der Waals surface area (Å²) in [5, 5.41) is 2.79. The van der Waals surface area contributed by atoms with Gasteiger partial charge in [0.1, 0.15) is 0 Å². The Morgan fingerprint density at radius 1 is 1.17 bits per heavy atom. The fraction of sp³-hybridized carbons (Fsp3) is 0.143. The number of benzene rings is 1. The van der Waals surface area contributed by atoms with E-state index in [0.29, 0.717) is 6.42 Å². The van der Waals surface area contributed by atoms with Crippen LogP contribution in [0.1, 0.15) is 11.3 Å². The van der Waals surface area contributed by atoms with Crippen molar-refractivity contribution in [2.24, 2.45) is 5.73 Å². The van der Waals surface area contributed by atoms with Crippen molar-refractivity contribution in [2.75, 3.05) is 11.9 Å². The van der Waals surface area contributed by atoms with Crippen molar-refractivity contribution in [3.05, 3.63) is 59.9 Å². The molecule has 0 aliphatic carbocycles. The molecule has 1 aromatic carbocycles. The van der Waals surface area contributed by atoms with Gasteiger partial charge in [-0.2, -0.15) is 0 Å². The molecule has 0 saturated heterocycles. The molecule has 0 spiro atoms. The number of amides is 1. The van der Waals surface area contributed by atoms with Crippen molar-refractivity contribution in [3.63, 3.8) is 0 Å². The van der Waals surface area contributed by atoms with Crippen LogP contribution in [0.2, 0.25) is 0 Å². The summed E-state index contributed by atoms with van der Waals surface area (Å²) in [7, 11) is 0. The van der Waals surface area contributed by atoms with Crippen molar-refractivity contribution in [1.82, 2.24) is 4.98 Å². The third kappa shape index (κ3) is 3.15. The molecule has 4 heteroatoms. The second kappa shape index (κ2) is 5.93. The minimum absolute atomic E-state index is 0.0160. The number of aromatic nitrogens is 1. The van der Waals surface area contributed by atoms with Gasteiger partial charge >= 0.3 is 0 Å². The summed E-state index contributed by atoms with van der Waals surface area (Å²) in [6.07, 6.45) is 2.44. The Kier molecular flexibility index (Phi) is 4.04. The van der Waals surface area contributed by atoms with Crippen LogP contribution in [0.5, 0.6) is 0 Å². The maximum absolute atomic E-state index is 11.3. The van der Waals surface area contributed by atoms with Crippen LogP contribution < -0.4 is 11.1 Å². The van der Waals surface area contributed by atoms with Gasteiger partial charge in [0, 0.05) is 24.0 Å². The van der Waals surface area contributed by atoms with Gasteiger partial charge in [-0.25, -0.2) is 0 Å². The van der Waals surface area contributed by atoms with Gasteiger partial charge in [0.05, 0.1) is 6.54 Å². The van der Waals surface area contributed by atoms with E-state index < -0.39 is 0 Å². The van der Waals surface area contributed by atoms with E-state index in [1.807, 2.05) is 42.5 Å². The fourth-order valence-electron chi connectivity index (χ4n) is 1.70. The summed E-state index contributed by atoms with van der Waals surface area (Å²) in [6.45, 7) is -0.0160. The Morgan fingerprint density at radius 2 is 1.94 bits per heavy atom. The van der Waals surface area contributed by atoms with Crippen molar-refractivity contribution < 1.29 is 4.79 Å². The quantitative estimate of drug-likeness (QED) is 0.853. The van der Waals surface area contributed by atoms with Gasteiger partial charge in [0.15, 0.2) is 0 Å². The molecule has 2 rings (SSSR count). The summed E-state index contributed by atoms with van der Waals surface area (Å²) in [4.78, 5) is 15.6. The number of carbonyl (C=O) groups is 1. The molecule has 0 aliphatic rings. The van der Waals surface area contributed by atoms with E-state index in [-0.39, 0.29) is 12.5 Å². The molecule has 0 saturated carbocycles. The molecule has 2 aromatic rings. The highest BCUT2D eigenvalue weighted by molar-refractivity contribution is 5.92. The van der Waals surface area contributed by atoms with E-state index in [4.69, 9.17) is 5.73 Å². The number of nitrogens with one attached hydrogen (secondary N) is 1. The molecule has 1 heterocycles. The van der Waals surface area contributed by atoms with Gasteiger partial charge < -0.3 is 11.1 Å². The number of pyridine rings is 1. The van der Waals surface area contributed by atoms with Crippen LogP contribution in [0.4, 0.5) is 5.69 Å². The molecular weight excluding hydrogens is 226 g/mol. The number of anilines is 1. The van der Waals surface area contributed by atoms with Gasteiger partial charge in [0.2, 0.25) is 5.91 Å². The zero-order valence-corrected chi connectivity index (χ0v) is 9.97. The van der Waals surface area contributed by atoms with Gasteiger partial charge in [0.25, 0.3) is 0 Å². The summed E-state index contributed by atoms with van der Waals surface area (Å²) in [5.74, 6) is -0.191. The summed E-state index contributed by atoms with van der Waals surface area (Å²) in [6, 6.07) is 13.5. The minimum atomic E-state index is -0.191. The van der Waals surface area contributed by atoms with Gasteiger partial charge in [-0.3, -0.25) is 9.78 Å². The Balaban J connectivity index is 2.20. The highest BCUT2D eigenvalue weighted by Crippen LogP contribution is 2.17. The molecule has 0 fully saturated rings. The zero-order valence-electron chi connectivity index (χ0n) is 9.97. The molecule has 0 atom stereocenters. The second-order valence-corrected chi connectivity index (χ2v) is 3.91. The van der Waals surface area contributed by atoms with Crippen LogP contribution >= 0.6 is 0 Å². The highest BCUT2D eigenvalue weighted by atomic mass is 16.1. The monoisotopic (exact) mass is 241 g/mol. The number of nitrogens with zero attached hydrogens (tertiary/aromatic N) is 1. The first-order valence-corrected chi connectivity index (χ1v) is 5.77. The topological polar surface area (TPSA) is 68.0 Å². The number of rotatable bonds is 4. The van der Waals surface area contributed by atoms with Crippen LogP contribution in [0, 0.1) is 0 Å². The third-order valence-corrected chi connectivity index (χ3v) is 2.57. The number of hydrogen-bond acceptors (Lipinski definition) is 3. The van der Waals surface area contributed by atoms with E-state index in [1.54, 1.807) is 6.20 Å². The van der Waals surface area contributed by atoms with Crippen LogP contribution in [0.15, 0.2) is 48.7 Å². The van der Waals surface area contributed by atoms with Gasteiger partial charge in [-0.15, -0.1) is 0 Å². The summed E-state index contributed by atoms with van der Waals surface area (Å²) < 4.78 is 0. The van der Waals surface area contributed by atoms with Gasteiger partial charge in [-0.05, 0) is 23.8 Å². The molecule has 3 N–H and O–H groups in total. The lowest BCUT2D eigenvalue weighted by molar-refractivity contribution is -0.114. The van der Waals surface area contributed by atoms with Crippen LogP contribution in [-0.2, 0) is 11.2 Å². The first kappa shape index (κ1) is 12.3. The van der Waals surface area contributed by atoms with Crippen LogP contribution in [-0.4, -0.2) is 17.4 Å². The van der Waals surface area contributed by atoms with E-state index in [2.05, 4.69) is 10.3 Å². The molecule has 0 bridgehead atoms. The van der Waals surface area contributed by atoms with Crippen molar-refractivity contribution in [3.8, 4) is 0 Å². The van der Waals surface area contributed by atoms with Crippen molar-refractivity contribution in [1.29, 1.82) is 0 Å². The van der Waals surface area contributed by atoms with Crippen molar-refractivity contribution >= 4 is 11.6 Å². The van der Waals surface area contributed by atoms with Crippen molar-refractivity contribution in [2.45, 2.75) is 6.42 Å². The largest absolute Gasteiger partial charge is 0.325 e. The predicted molar refractivity (Wildman–Crippen MR) is 71.2 cm³/mol. The smallest absolute Gasteiger partial charge is 0.238 e. The van der Waals surface area contributed by atoms with E-state index in [1.165, 1.54) is 0 Å². The average molecular weight is 241 g/mol. The van der Waals surface area contributed by atoms with Crippen LogP contribution in [0.3, 0.4) is 0 Å². The van der Waals surface area contributed by atoms with Gasteiger partial charge in [-0.1, -0.05) is 24.3 Å². The Labute approximate surface area is 106 Å². The SMILES string of the molecule is NCC(=O)Nc1ccccc1Cc1ccccn1.